The monoisotopic (exact) mass is 284 g/mol. The van der Waals surface area contributed by atoms with E-state index in [1.54, 1.807) is 13.8 Å². The third-order valence-corrected chi connectivity index (χ3v) is 5.11. The molecule has 2 N–H and O–H groups in total. The lowest BCUT2D eigenvalue weighted by molar-refractivity contribution is -0.155. The summed E-state index contributed by atoms with van der Waals surface area (Å²) in [5.41, 5.74) is -1.82. The van der Waals surface area contributed by atoms with E-state index in [0.29, 0.717) is 19.3 Å². The summed E-state index contributed by atoms with van der Waals surface area (Å²) in [5, 5.41) is 20.0. The fraction of sp³-hybridized carbons (Fsp3) is 0.867. The molecule has 4 atom stereocenters. The Morgan fingerprint density at radius 1 is 1.50 bits per heavy atom. The van der Waals surface area contributed by atoms with Crippen LogP contribution in [0.4, 0.5) is 0 Å². The quantitative estimate of drug-likeness (QED) is 0.757. The van der Waals surface area contributed by atoms with Gasteiger partial charge < -0.3 is 14.9 Å². The smallest absolute Gasteiger partial charge is 0.306 e. The molecule has 5 nitrogen and oxygen atoms in total. The molecule has 1 heterocycles. The van der Waals surface area contributed by atoms with Gasteiger partial charge in [-0.3, -0.25) is 9.59 Å². The summed E-state index contributed by atoms with van der Waals surface area (Å²) in [6.07, 6.45) is 1.86. The van der Waals surface area contributed by atoms with Gasteiger partial charge in [-0.1, -0.05) is 0 Å². The van der Waals surface area contributed by atoms with E-state index in [1.165, 1.54) is 6.92 Å². The summed E-state index contributed by atoms with van der Waals surface area (Å²) in [4.78, 5) is 23.6. The van der Waals surface area contributed by atoms with Gasteiger partial charge in [0.1, 0.15) is 11.4 Å². The van der Waals surface area contributed by atoms with Gasteiger partial charge in [-0.2, -0.15) is 0 Å². The highest BCUT2D eigenvalue weighted by Gasteiger charge is 2.55. The van der Waals surface area contributed by atoms with Crippen LogP contribution in [0, 0.1) is 17.8 Å². The van der Waals surface area contributed by atoms with Crippen LogP contribution in [0.5, 0.6) is 0 Å². The lowest BCUT2D eigenvalue weighted by Crippen LogP contribution is -2.43. The Morgan fingerprint density at radius 3 is 2.65 bits per heavy atom. The topological polar surface area (TPSA) is 83.8 Å². The number of carbonyl (C=O) groups is 2. The first kappa shape index (κ1) is 15.4. The number of aliphatic hydroxyl groups excluding tert-OH is 1. The Bertz CT molecular complexity index is 411. The van der Waals surface area contributed by atoms with Crippen molar-refractivity contribution in [3.63, 3.8) is 0 Å². The fourth-order valence-corrected chi connectivity index (χ4v) is 3.78. The van der Waals surface area contributed by atoms with Gasteiger partial charge >= 0.3 is 5.97 Å². The van der Waals surface area contributed by atoms with Gasteiger partial charge in [0.05, 0.1) is 18.6 Å². The first-order chi connectivity index (χ1) is 9.19. The summed E-state index contributed by atoms with van der Waals surface area (Å²) in [6, 6.07) is 0. The molecule has 2 rings (SSSR count). The molecule has 0 amide bonds. The highest BCUT2D eigenvalue weighted by Crippen LogP contribution is 2.49. The van der Waals surface area contributed by atoms with Crippen LogP contribution in [0.15, 0.2) is 0 Å². The minimum absolute atomic E-state index is 0.00211. The maximum absolute atomic E-state index is 12.0. The van der Waals surface area contributed by atoms with E-state index in [-0.39, 0.29) is 42.5 Å². The molecule has 0 spiro atoms. The Hall–Kier alpha value is -0.940. The molecule has 2 fully saturated rings. The number of carbonyl (C=O) groups excluding carboxylic acids is 2. The van der Waals surface area contributed by atoms with E-state index in [1.807, 2.05) is 0 Å². The SMILES string of the molecule is CC(=O)[C@@H]1C[C@H](C(C)(C)O)CC[C@@]2(CO)OC(=O)C[C@H]12. The lowest BCUT2D eigenvalue weighted by atomic mass is 9.74. The molecule has 1 saturated carbocycles. The number of esters is 1. The molecule has 0 bridgehead atoms. The highest BCUT2D eigenvalue weighted by atomic mass is 16.6. The van der Waals surface area contributed by atoms with Gasteiger partial charge in [0.15, 0.2) is 0 Å². The maximum atomic E-state index is 12.0. The van der Waals surface area contributed by atoms with Crippen molar-refractivity contribution in [2.45, 2.75) is 57.7 Å². The van der Waals surface area contributed by atoms with E-state index in [2.05, 4.69) is 0 Å². The summed E-state index contributed by atoms with van der Waals surface area (Å²) in [7, 11) is 0. The van der Waals surface area contributed by atoms with Gasteiger partial charge in [-0.25, -0.2) is 0 Å². The van der Waals surface area contributed by atoms with E-state index in [4.69, 9.17) is 4.74 Å². The summed E-state index contributed by atoms with van der Waals surface area (Å²) >= 11 is 0. The molecule has 5 heteroatoms. The lowest BCUT2D eigenvalue weighted by Gasteiger charge is -2.33. The second-order valence-corrected chi connectivity index (χ2v) is 6.85. The van der Waals surface area contributed by atoms with Gasteiger partial charge in [0.25, 0.3) is 0 Å². The maximum Gasteiger partial charge on any atom is 0.306 e. The second-order valence-electron chi connectivity index (χ2n) is 6.85. The van der Waals surface area contributed by atoms with Crippen LogP contribution in [-0.4, -0.2) is 39.8 Å². The molecule has 1 aliphatic carbocycles. The molecule has 1 aliphatic heterocycles. The first-order valence-corrected chi connectivity index (χ1v) is 7.25. The highest BCUT2D eigenvalue weighted by molar-refractivity contribution is 5.81. The molecule has 2 aliphatic rings. The number of hydrogen-bond donors (Lipinski definition) is 2. The van der Waals surface area contributed by atoms with Crippen LogP contribution in [0.1, 0.15) is 46.5 Å². The van der Waals surface area contributed by atoms with E-state index in [0.717, 1.165) is 0 Å². The molecule has 1 saturated heterocycles. The zero-order valence-electron chi connectivity index (χ0n) is 12.4. The van der Waals surface area contributed by atoms with E-state index in [9.17, 15) is 19.8 Å². The van der Waals surface area contributed by atoms with Crippen LogP contribution in [-0.2, 0) is 14.3 Å². The van der Waals surface area contributed by atoms with Crippen molar-refractivity contribution in [1.82, 2.24) is 0 Å². The molecule has 0 radical (unpaired) electrons. The zero-order chi connectivity index (χ0) is 15.1. The molecular formula is C15H24O5. The second kappa shape index (κ2) is 5.11. The molecule has 114 valence electrons. The predicted molar refractivity (Wildman–Crippen MR) is 71.8 cm³/mol. The zero-order valence-corrected chi connectivity index (χ0v) is 12.4. The van der Waals surface area contributed by atoms with Crippen molar-refractivity contribution in [2.75, 3.05) is 6.61 Å². The number of aliphatic hydroxyl groups is 2. The van der Waals surface area contributed by atoms with Crippen LogP contribution in [0.25, 0.3) is 0 Å². The molecule has 0 unspecified atom stereocenters. The molecule has 20 heavy (non-hydrogen) atoms. The summed E-state index contributed by atoms with van der Waals surface area (Å²) in [5.74, 6) is -0.985. The standard InChI is InChI=1S/C15H24O5/c1-9(17)11-6-10(14(2,3)19)4-5-15(8-16)12(11)7-13(18)20-15/h10-12,16,19H,4-8H2,1-3H3/t10-,11+,12-,15+/m1/s1. The number of Topliss-reactive ketones (excluding diaryl/α,β-unsaturated/α-hetero) is 1. The van der Waals surface area contributed by atoms with Crippen LogP contribution < -0.4 is 0 Å². The number of fused-ring (bicyclic) bond motifs is 1. The van der Waals surface area contributed by atoms with Crippen molar-refractivity contribution in [2.24, 2.45) is 17.8 Å². The predicted octanol–water partition coefficient (Wildman–Crippen LogP) is 1.06. The number of hydrogen-bond acceptors (Lipinski definition) is 5. The van der Waals surface area contributed by atoms with Crippen molar-refractivity contribution in [3.8, 4) is 0 Å². The number of ether oxygens (including phenoxy) is 1. The Morgan fingerprint density at radius 2 is 2.15 bits per heavy atom. The summed E-state index contributed by atoms with van der Waals surface area (Å²) in [6.45, 7) is 4.75. The molecule has 0 aromatic heterocycles. The van der Waals surface area contributed by atoms with Gasteiger partial charge in [0.2, 0.25) is 0 Å². The van der Waals surface area contributed by atoms with Crippen molar-refractivity contribution >= 4 is 11.8 Å². The number of ketones is 1. The van der Waals surface area contributed by atoms with E-state index < -0.39 is 11.2 Å². The minimum atomic E-state index is -0.937. The molecular weight excluding hydrogens is 260 g/mol. The van der Waals surface area contributed by atoms with Crippen molar-refractivity contribution < 1.29 is 24.5 Å². The average molecular weight is 284 g/mol. The third-order valence-electron chi connectivity index (χ3n) is 5.11. The Balaban J connectivity index is 2.36. The van der Waals surface area contributed by atoms with E-state index >= 15 is 0 Å². The van der Waals surface area contributed by atoms with Gasteiger partial charge in [0, 0.05) is 11.8 Å². The Labute approximate surface area is 119 Å². The van der Waals surface area contributed by atoms with Crippen molar-refractivity contribution in [1.29, 1.82) is 0 Å². The average Bonchev–Trinajstić information content (AvgIpc) is 2.55. The minimum Gasteiger partial charge on any atom is -0.456 e. The summed E-state index contributed by atoms with van der Waals surface area (Å²) < 4.78 is 5.40. The van der Waals surface area contributed by atoms with Gasteiger partial charge in [-0.05, 0) is 46.0 Å². The van der Waals surface area contributed by atoms with Crippen LogP contribution in [0.2, 0.25) is 0 Å². The Kier molecular flexibility index (Phi) is 3.95. The molecule has 0 aromatic carbocycles. The first-order valence-electron chi connectivity index (χ1n) is 7.25. The van der Waals surface area contributed by atoms with Gasteiger partial charge in [-0.15, -0.1) is 0 Å². The van der Waals surface area contributed by atoms with Crippen LogP contribution >= 0.6 is 0 Å². The number of rotatable bonds is 3. The van der Waals surface area contributed by atoms with Crippen molar-refractivity contribution in [3.05, 3.63) is 0 Å². The molecule has 0 aromatic rings. The normalized spacial score (nSPS) is 38.0. The fourth-order valence-electron chi connectivity index (χ4n) is 3.78. The van der Waals surface area contributed by atoms with Crippen LogP contribution in [0.3, 0.4) is 0 Å². The largest absolute Gasteiger partial charge is 0.456 e. The third kappa shape index (κ3) is 2.61.